The Morgan fingerprint density at radius 3 is 1.50 bits per heavy atom. The van der Waals surface area contributed by atoms with Crippen molar-refractivity contribution < 1.29 is 0 Å². The molecule has 0 N–H and O–H groups in total. The molecule has 0 aliphatic carbocycles. The van der Waals surface area contributed by atoms with Crippen molar-refractivity contribution in [3.63, 3.8) is 0 Å². The molecule has 5 aromatic carbocycles. The number of hydrogen-bond acceptors (Lipinski definition) is 0. The molecule has 0 saturated carbocycles. The summed E-state index contributed by atoms with van der Waals surface area (Å²) in [5.41, 5.74) is 6.46. The molecule has 0 heterocycles. The maximum Gasteiger partial charge on any atom is 0.0181 e. The molecule has 0 amide bonds. The Bertz CT molecular complexity index is 1470. The molecule has 5 rings (SSSR count). The summed E-state index contributed by atoms with van der Waals surface area (Å²) in [6.07, 6.45) is 0. The molecule has 0 nitrogen and oxygen atoms in total. The van der Waals surface area contributed by atoms with E-state index in [0.717, 1.165) is 8.95 Å². The quantitative estimate of drug-likeness (QED) is 0.194. The number of hydrogen-bond donors (Lipinski definition) is 0. The SMILES string of the molecule is CC(C)(C)c1ccc2c(-c3cccc(Br)c3)c3ccccc3c(-c3cccc(Br)c3)c2c1. The van der Waals surface area contributed by atoms with Crippen LogP contribution < -0.4 is 0 Å². The van der Waals surface area contributed by atoms with E-state index in [4.69, 9.17) is 0 Å². The summed E-state index contributed by atoms with van der Waals surface area (Å²) in [6, 6.07) is 33.1. The fraction of sp³-hybridized carbons (Fsp3) is 0.133. The highest BCUT2D eigenvalue weighted by Crippen LogP contribution is 2.45. The third-order valence-corrected chi connectivity index (χ3v) is 7.10. The highest BCUT2D eigenvalue weighted by Gasteiger charge is 2.20. The van der Waals surface area contributed by atoms with Crippen LogP contribution in [0.1, 0.15) is 26.3 Å². The smallest absolute Gasteiger partial charge is 0.0181 e. The van der Waals surface area contributed by atoms with Gasteiger partial charge in [-0.15, -0.1) is 0 Å². The fourth-order valence-corrected chi connectivity index (χ4v) is 5.35. The van der Waals surface area contributed by atoms with E-state index < -0.39 is 0 Å². The molecular formula is C30H24Br2. The summed E-state index contributed by atoms with van der Waals surface area (Å²) in [4.78, 5) is 0. The molecule has 2 heteroatoms. The van der Waals surface area contributed by atoms with Crippen LogP contribution in [0.2, 0.25) is 0 Å². The van der Waals surface area contributed by atoms with Crippen LogP contribution in [0.3, 0.4) is 0 Å². The van der Waals surface area contributed by atoms with E-state index in [0.29, 0.717) is 0 Å². The Labute approximate surface area is 206 Å². The summed E-state index contributed by atoms with van der Waals surface area (Å²) >= 11 is 7.37. The van der Waals surface area contributed by atoms with E-state index in [2.05, 4.69) is 144 Å². The van der Waals surface area contributed by atoms with Gasteiger partial charge >= 0.3 is 0 Å². The summed E-state index contributed by atoms with van der Waals surface area (Å²) in [6.45, 7) is 6.84. The number of benzene rings is 5. The van der Waals surface area contributed by atoms with E-state index in [1.807, 2.05) is 0 Å². The molecule has 0 radical (unpaired) electrons. The van der Waals surface area contributed by atoms with Crippen LogP contribution in [-0.2, 0) is 5.41 Å². The van der Waals surface area contributed by atoms with E-state index in [1.165, 1.54) is 49.4 Å². The first-order chi connectivity index (χ1) is 15.3. The lowest BCUT2D eigenvalue weighted by molar-refractivity contribution is 0.591. The van der Waals surface area contributed by atoms with Crippen molar-refractivity contribution in [2.75, 3.05) is 0 Å². The topological polar surface area (TPSA) is 0 Å². The molecule has 5 aromatic rings. The minimum absolute atomic E-state index is 0.0737. The van der Waals surface area contributed by atoms with E-state index in [-0.39, 0.29) is 5.41 Å². The summed E-state index contributed by atoms with van der Waals surface area (Å²) in [5, 5.41) is 5.13. The maximum atomic E-state index is 3.69. The second-order valence-electron chi connectivity index (χ2n) is 9.33. The zero-order valence-corrected chi connectivity index (χ0v) is 21.6. The summed E-state index contributed by atoms with van der Waals surface area (Å²) in [5.74, 6) is 0. The van der Waals surface area contributed by atoms with Crippen molar-refractivity contribution in [2.45, 2.75) is 26.2 Å². The molecule has 0 saturated heterocycles. The number of halogens is 2. The number of fused-ring (bicyclic) bond motifs is 2. The minimum Gasteiger partial charge on any atom is -0.0616 e. The Hall–Kier alpha value is -2.42. The molecule has 0 atom stereocenters. The van der Waals surface area contributed by atoms with Gasteiger partial charge in [0, 0.05) is 8.95 Å². The Morgan fingerprint density at radius 2 is 1.00 bits per heavy atom. The van der Waals surface area contributed by atoms with Crippen LogP contribution in [0.15, 0.2) is 99.9 Å². The molecule has 0 bridgehead atoms. The van der Waals surface area contributed by atoms with Gasteiger partial charge in [0.05, 0.1) is 0 Å². The molecule has 0 spiro atoms. The van der Waals surface area contributed by atoms with Crippen molar-refractivity contribution in [2.24, 2.45) is 0 Å². The van der Waals surface area contributed by atoms with Gasteiger partial charge in [-0.1, -0.05) is 113 Å². The van der Waals surface area contributed by atoms with Gasteiger partial charge in [0.2, 0.25) is 0 Å². The van der Waals surface area contributed by atoms with Crippen LogP contribution in [0.5, 0.6) is 0 Å². The van der Waals surface area contributed by atoms with Crippen molar-refractivity contribution >= 4 is 53.4 Å². The third kappa shape index (κ3) is 3.80. The van der Waals surface area contributed by atoms with Crippen LogP contribution >= 0.6 is 31.9 Å². The lowest BCUT2D eigenvalue weighted by Crippen LogP contribution is -2.10. The third-order valence-electron chi connectivity index (χ3n) is 6.12. The second-order valence-corrected chi connectivity index (χ2v) is 11.2. The summed E-state index contributed by atoms with van der Waals surface area (Å²) < 4.78 is 2.19. The zero-order chi connectivity index (χ0) is 22.5. The van der Waals surface area contributed by atoms with Gasteiger partial charge in [-0.2, -0.15) is 0 Å². The van der Waals surface area contributed by atoms with Crippen LogP contribution in [0, 0.1) is 0 Å². The first-order valence-electron chi connectivity index (χ1n) is 10.8. The number of rotatable bonds is 2. The highest BCUT2D eigenvalue weighted by molar-refractivity contribution is 9.10. The van der Waals surface area contributed by atoms with E-state index in [9.17, 15) is 0 Å². The average molecular weight is 544 g/mol. The van der Waals surface area contributed by atoms with Gasteiger partial charge in [0.15, 0.2) is 0 Å². The molecule has 0 unspecified atom stereocenters. The summed E-state index contributed by atoms with van der Waals surface area (Å²) in [7, 11) is 0. The molecule has 32 heavy (non-hydrogen) atoms. The van der Waals surface area contributed by atoms with Crippen LogP contribution in [0.25, 0.3) is 43.8 Å². The van der Waals surface area contributed by atoms with Gasteiger partial charge in [-0.05, 0) is 85.1 Å². The van der Waals surface area contributed by atoms with Crippen LogP contribution in [-0.4, -0.2) is 0 Å². The molecule has 0 aliphatic rings. The molecule has 0 fully saturated rings. The van der Waals surface area contributed by atoms with E-state index >= 15 is 0 Å². The van der Waals surface area contributed by atoms with Gasteiger partial charge in [-0.3, -0.25) is 0 Å². The van der Waals surface area contributed by atoms with Crippen molar-refractivity contribution in [3.05, 3.63) is 106 Å². The molecule has 0 aromatic heterocycles. The maximum absolute atomic E-state index is 3.69. The van der Waals surface area contributed by atoms with Crippen molar-refractivity contribution in [1.82, 2.24) is 0 Å². The normalized spacial score (nSPS) is 11.9. The van der Waals surface area contributed by atoms with Gasteiger partial charge in [0.25, 0.3) is 0 Å². The van der Waals surface area contributed by atoms with Crippen molar-refractivity contribution in [3.8, 4) is 22.3 Å². The van der Waals surface area contributed by atoms with Gasteiger partial charge < -0.3 is 0 Å². The van der Waals surface area contributed by atoms with Gasteiger partial charge in [0.1, 0.15) is 0 Å². The van der Waals surface area contributed by atoms with E-state index in [1.54, 1.807) is 0 Å². The predicted octanol–water partition coefficient (Wildman–Crippen LogP) is 10.1. The first-order valence-corrected chi connectivity index (χ1v) is 12.4. The lowest BCUT2D eigenvalue weighted by atomic mass is 9.81. The fourth-order valence-electron chi connectivity index (χ4n) is 4.55. The molecule has 0 aliphatic heterocycles. The zero-order valence-electron chi connectivity index (χ0n) is 18.4. The molecular weight excluding hydrogens is 520 g/mol. The first kappa shape index (κ1) is 21.4. The predicted molar refractivity (Wildman–Crippen MR) is 146 cm³/mol. The lowest BCUT2D eigenvalue weighted by Gasteiger charge is -2.23. The van der Waals surface area contributed by atoms with Crippen molar-refractivity contribution in [1.29, 1.82) is 0 Å². The minimum atomic E-state index is 0.0737. The largest absolute Gasteiger partial charge is 0.0616 e. The second kappa shape index (κ2) is 8.17. The average Bonchev–Trinajstić information content (AvgIpc) is 2.76. The monoisotopic (exact) mass is 542 g/mol. The van der Waals surface area contributed by atoms with Crippen LogP contribution in [0.4, 0.5) is 0 Å². The Kier molecular flexibility index (Phi) is 5.47. The van der Waals surface area contributed by atoms with Gasteiger partial charge in [-0.25, -0.2) is 0 Å². The molecule has 158 valence electrons. The Morgan fingerprint density at radius 1 is 0.500 bits per heavy atom. The Balaban J connectivity index is 2.01. The highest BCUT2D eigenvalue weighted by atomic mass is 79.9. The standard InChI is InChI=1S/C30H24Br2/c1-30(2,3)21-14-15-26-27(18-21)29(20-9-7-11-23(32)17-20)25-13-5-4-12-24(25)28(26)19-8-6-10-22(31)16-19/h4-18H,1-3H3.